The normalized spacial score (nSPS) is 13.7. The second-order valence-corrected chi connectivity index (χ2v) is 7.38. The number of H-pyrrole nitrogens is 1. The van der Waals surface area contributed by atoms with E-state index in [-0.39, 0.29) is 5.91 Å². The lowest BCUT2D eigenvalue weighted by Crippen LogP contribution is -2.15. The third-order valence-corrected chi connectivity index (χ3v) is 5.46. The van der Waals surface area contributed by atoms with Gasteiger partial charge in [0.2, 0.25) is 5.89 Å². The van der Waals surface area contributed by atoms with Crippen LogP contribution >= 0.6 is 11.3 Å². The van der Waals surface area contributed by atoms with Crippen LogP contribution in [0.1, 0.15) is 52.3 Å². The van der Waals surface area contributed by atoms with E-state index in [1.165, 1.54) is 11.3 Å². The molecule has 3 aromatic heterocycles. The Morgan fingerprint density at radius 2 is 2.20 bits per heavy atom. The first-order valence-electron chi connectivity index (χ1n) is 8.46. The van der Waals surface area contributed by atoms with E-state index in [2.05, 4.69) is 25.7 Å². The Bertz CT molecular complexity index is 924. The topological polar surface area (TPSA) is 96.7 Å². The van der Waals surface area contributed by atoms with Gasteiger partial charge in [-0.3, -0.25) is 9.89 Å². The van der Waals surface area contributed by atoms with Crippen molar-refractivity contribution in [2.24, 2.45) is 0 Å². The van der Waals surface area contributed by atoms with Crippen LogP contribution in [0.3, 0.4) is 0 Å². The SMILES string of the molecule is CCc1nnc(-c2cc(NC(=O)c3n[nH]c4c3CCCC4)c(C)s2)o1. The molecule has 0 atom stereocenters. The number of nitrogens with zero attached hydrogens (tertiary/aromatic N) is 3. The molecule has 7 nitrogen and oxygen atoms in total. The first-order valence-corrected chi connectivity index (χ1v) is 9.28. The number of aryl methyl sites for hydroxylation is 3. The molecular weight excluding hydrogens is 338 g/mol. The molecule has 0 aromatic carbocycles. The summed E-state index contributed by atoms with van der Waals surface area (Å²) in [5.41, 5.74) is 3.42. The highest BCUT2D eigenvalue weighted by atomic mass is 32.1. The second-order valence-electron chi connectivity index (χ2n) is 6.13. The lowest BCUT2D eigenvalue weighted by Gasteiger charge is -2.11. The highest BCUT2D eigenvalue weighted by Crippen LogP contribution is 2.34. The maximum absolute atomic E-state index is 12.7. The summed E-state index contributed by atoms with van der Waals surface area (Å²) >= 11 is 1.52. The standard InChI is InChI=1S/C17H19N5O2S/c1-3-14-20-22-17(24-14)13-8-12(9(2)25-13)18-16(23)15-10-6-4-5-7-11(10)19-21-15/h8H,3-7H2,1-2H3,(H,18,23)(H,19,21). The van der Waals surface area contributed by atoms with Gasteiger partial charge in [0, 0.05) is 22.6 Å². The van der Waals surface area contributed by atoms with Crippen LogP contribution in [-0.4, -0.2) is 26.3 Å². The average Bonchev–Trinajstić information content (AvgIpc) is 3.33. The minimum Gasteiger partial charge on any atom is -0.420 e. The highest BCUT2D eigenvalue weighted by molar-refractivity contribution is 7.15. The summed E-state index contributed by atoms with van der Waals surface area (Å²) in [6.45, 7) is 3.92. The Hall–Kier alpha value is -2.48. The molecular formula is C17H19N5O2S. The lowest BCUT2D eigenvalue weighted by molar-refractivity contribution is 0.102. The van der Waals surface area contributed by atoms with Crippen molar-refractivity contribution in [3.63, 3.8) is 0 Å². The fourth-order valence-corrected chi connectivity index (χ4v) is 3.95. The van der Waals surface area contributed by atoms with Crippen molar-refractivity contribution in [2.45, 2.75) is 46.0 Å². The van der Waals surface area contributed by atoms with Crippen molar-refractivity contribution in [3.05, 3.63) is 33.8 Å². The number of carbonyl (C=O) groups excluding carboxylic acids is 1. The second kappa shape index (κ2) is 6.44. The van der Waals surface area contributed by atoms with Crippen molar-refractivity contribution in [1.29, 1.82) is 0 Å². The number of aromatic nitrogens is 4. The van der Waals surface area contributed by atoms with Crippen LogP contribution in [0, 0.1) is 6.92 Å². The molecule has 0 spiro atoms. The molecule has 0 saturated carbocycles. The molecule has 1 aliphatic carbocycles. The smallest absolute Gasteiger partial charge is 0.276 e. The van der Waals surface area contributed by atoms with E-state index in [0.717, 1.165) is 52.4 Å². The number of anilines is 1. The van der Waals surface area contributed by atoms with Crippen molar-refractivity contribution >= 4 is 22.9 Å². The number of thiophene rings is 1. The maximum Gasteiger partial charge on any atom is 0.276 e. The summed E-state index contributed by atoms with van der Waals surface area (Å²) in [6.07, 6.45) is 4.82. The summed E-state index contributed by atoms with van der Waals surface area (Å²) in [4.78, 5) is 14.5. The van der Waals surface area contributed by atoms with Crippen LogP contribution in [-0.2, 0) is 19.3 Å². The molecule has 25 heavy (non-hydrogen) atoms. The van der Waals surface area contributed by atoms with Crippen LogP contribution in [0.2, 0.25) is 0 Å². The molecule has 4 rings (SSSR count). The van der Waals surface area contributed by atoms with Crippen molar-refractivity contribution in [2.75, 3.05) is 5.32 Å². The minimum atomic E-state index is -0.174. The van der Waals surface area contributed by atoms with Gasteiger partial charge in [0.25, 0.3) is 11.8 Å². The Morgan fingerprint density at radius 3 is 3.00 bits per heavy atom. The van der Waals surface area contributed by atoms with Gasteiger partial charge in [-0.05, 0) is 38.7 Å². The van der Waals surface area contributed by atoms with Gasteiger partial charge in [-0.2, -0.15) is 5.10 Å². The van der Waals surface area contributed by atoms with Crippen molar-refractivity contribution in [3.8, 4) is 10.8 Å². The van der Waals surface area contributed by atoms with E-state index >= 15 is 0 Å². The van der Waals surface area contributed by atoms with E-state index in [0.29, 0.717) is 23.9 Å². The number of nitrogens with one attached hydrogen (secondary N) is 2. The van der Waals surface area contributed by atoms with Gasteiger partial charge in [-0.25, -0.2) is 0 Å². The molecule has 2 N–H and O–H groups in total. The van der Waals surface area contributed by atoms with Crippen molar-refractivity contribution < 1.29 is 9.21 Å². The predicted molar refractivity (Wildman–Crippen MR) is 94.9 cm³/mol. The van der Waals surface area contributed by atoms with Gasteiger partial charge in [-0.15, -0.1) is 21.5 Å². The number of hydrogen-bond donors (Lipinski definition) is 2. The zero-order chi connectivity index (χ0) is 17.4. The monoisotopic (exact) mass is 357 g/mol. The summed E-state index contributed by atoms with van der Waals surface area (Å²) in [5, 5.41) is 18.3. The molecule has 1 amide bonds. The Labute approximate surface area is 148 Å². The fourth-order valence-electron chi connectivity index (χ4n) is 3.06. The molecule has 3 aromatic rings. The van der Waals surface area contributed by atoms with Gasteiger partial charge in [0.05, 0.1) is 10.6 Å². The molecule has 0 saturated heterocycles. The molecule has 0 fully saturated rings. The molecule has 0 bridgehead atoms. The maximum atomic E-state index is 12.7. The summed E-state index contributed by atoms with van der Waals surface area (Å²) < 4.78 is 5.60. The number of fused-ring (bicyclic) bond motifs is 1. The van der Waals surface area contributed by atoms with Crippen LogP contribution in [0.4, 0.5) is 5.69 Å². The Kier molecular flexibility index (Phi) is 4.12. The average molecular weight is 357 g/mol. The fraction of sp³-hybridized carbons (Fsp3) is 0.412. The number of rotatable bonds is 4. The van der Waals surface area contributed by atoms with Crippen LogP contribution < -0.4 is 5.32 Å². The molecule has 1 aliphatic rings. The molecule has 130 valence electrons. The molecule has 8 heteroatoms. The predicted octanol–water partition coefficient (Wildman–Crippen LogP) is 3.52. The quantitative estimate of drug-likeness (QED) is 0.744. The zero-order valence-electron chi connectivity index (χ0n) is 14.2. The largest absolute Gasteiger partial charge is 0.420 e. The zero-order valence-corrected chi connectivity index (χ0v) is 15.0. The Morgan fingerprint density at radius 1 is 1.36 bits per heavy atom. The van der Waals surface area contributed by atoms with E-state index in [9.17, 15) is 4.79 Å². The molecule has 0 unspecified atom stereocenters. The number of hydrogen-bond acceptors (Lipinski definition) is 6. The van der Waals surface area contributed by atoms with Crippen LogP contribution in [0.15, 0.2) is 10.5 Å². The summed E-state index contributed by atoms with van der Waals surface area (Å²) in [7, 11) is 0. The van der Waals surface area contributed by atoms with E-state index in [1.807, 2.05) is 19.9 Å². The van der Waals surface area contributed by atoms with Gasteiger partial charge < -0.3 is 9.73 Å². The first kappa shape index (κ1) is 16.0. The minimum absolute atomic E-state index is 0.174. The van der Waals surface area contributed by atoms with Crippen molar-refractivity contribution in [1.82, 2.24) is 20.4 Å². The first-order chi connectivity index (χ1) is 12.2. The third-order valence-electron chi connectivity index (χ3n) is 4.42. The van der Waals surface area contributed by atoms with Gasteiger partial charge >= 0.3 is 0 Å². The van der Waals surface area contributed by atoms with E-state index in [1.54, 1.807) is 0 Å². The van der Waals surface area contributed by atoms with E-state index < -0.39 is 0 Å². The number of aromatic amines is 1. The molecule has 0 radical (unpaired) electrons. The summed E-state index contributed by atoms with van der Waals surface area (Å²) in [6, 6.07) is 1.88. The molecule has 3 heterocycles. The number of amides is 1. The number of carbonyl (C=O) groups is 1. The highest BCUT2D eigenvalue weighted by Gasteiger charge is 2.23. The van der Waals surface area contributed by atoms with Gasteiger partial charge in [0.1, 0.15) is 0 Å². The lowest BCUT2D eigenvalue weighted by atomic mass is 9.96. The van der Waals surface area contributed by atoms with Gasteiger partial charge in [0.15, 0.2) is 5.69 Å². The van der Waals surface area contributed by atoms with Crippen LogP contribution in [0.5, 0.6) is 0 Å². The third kappa shape index (κ3) is 2.97. The summed E-state index contributed by atoms with van der Waals surface area (Å²) in [5.74, 6) is 0.920. The van der Waals surface area contributed by atoms with Crippen LogP contribution in [0.25, 0.3) is 10.8 Å². The van der Waals surface area contributed by atoms with E-state index in [4.69, 9.17) is 4.42 Å². The van der Waals surface area contributed by atoms with Gasteiger partial charge in [-0.1, -0.05) is 6.92 Å². The Balaban J connectivity index is 1.56. The molecule has 0 aliphatic heterocycles.